The predicted molar refractivity (Wildman–Crippen MR) is 106 cm³/mol. The number of amides is 1. The van der Waals surface area contributed by atoms with E-state index in [1.807, 2.05) is 18.2 Å². The Kier molecular flexibility index (Phi) is 5.03. The molecule has 1 aromatic heterocycles. The Morgan fingerprint density at radius 1 is 1.00 bits per heavy atom. The molecule has 3 aromatic rings. The van der Waals surface area contributed by atoms with E-state index in [9.17, 15) is 4.79 Å². The molecule has 0 atom stereocenters. The first-order chi connectivity index (χ1) is 13.2. The van der Waals surface area contributed by atoms with E-state index in [-0.39, 0.29) is 5.91 Å². The molecule has 4 rings (SSSR count). The van der Waals surface area contributed by atoms with Gasteiger partial charge in [0.2, 0.25) is 0 Å². The summed E-state index contributed by atoms with van der Waals surface area (Å²) in [5.41, 5.74) is 3.99. The van der Waals surface area contributed by atoms with E-state index in [4.69, 9.17) is 11.6 Å². The highest BCUT2D eigenvalue weighted by atomic mass is 35.5. The minimum atomic E-state index is -0.243. The second-order valence-electron chi connectivity index (χ2n) is 6.53. The molecule has 0 radical (unpaired) electrons. The summed E-state index contributed by atoms with van der Waals surface area (Å²) < 4.78 is 0. The molecular formula is C21H19ClN4O. The fourth-order valence-corrected chi connectivity index (χ4v) is 3.31. The Hall–Kier alpha value is -2.92. The van der Waals surface area contributed by atoms with Crippen molar-refractivity contribution in [2.45, 2.75) is 19.5 Å². The Bertz CT molecular complexity index is 941. The molecule has 1 amide bonds. The number of hydrogen-bond donors (Lipinski definition) is 1. The molecule has 136 valence electrons. The molecule has 27 heavy (non-hydrogen) atoms. The van der Waals surface area contributed by atoms with Crippen LogP contribution in [0.4, 0.5) is 5.82 Å². The van der Waals surface area contributed by atoms with Gasteiger partial charge < -0.3 is 10.2 Å². The zero-order valence-corrected chi connectivity index (χ0v) is 15.5. The molecule has 0 bridgehead atoms. The van der Waals surface area contributed by atoms with E-state index in [1.165, 1.54) is 11.1 Å². The summed E-state index contributed by atoms with van der Waals surface area (Å²) in [6, 6.07) is 19.4. The summed E-state index contributed by atoms with van der Waals surface area (Å²) in [7, 11) is 0. The largest absolute Gasteiger partial charge is 0.350 e. The van der Waals surface area contributed by atoms with Crippen LogP contribution in [0.25, 0.3) is 0 Å². The monoisotopic (exact) mass is 378 g/mol. The number of fused-ring (bicyclic) bond motifs is 1. The highest BCUT2D eigenvalue weighted by molar-refractivity contribution is 6.30. The smallest absolute Gasteiger partial charge is 0.272 e. The summed E-state index contributed by atoms with van der Waals surface area (Å²) in [5.74, 6) is 0.548. The summed E-state index contributed by atoms with van der Waals surface area (Å²) in [6.07, 6.45) is 0.987. The molecule has 0 spiro atoms. The molecule has 2 aromatic carbocycles. The van der Waals surface area contributed by atoms with E-state index >= 15 is 0 Å². The predicted octanol–water partition coefficient (Wildman–Crippen LogP) is 3.62. The zero-order chi connectivity index (χ0) is 18.6. The average molecular weight is 379 g/mol. The van der Waals surface area contributed by atoms with Gasteiger partial charge in [-0.05, 0) is 47.4 Å². The molecule has 6 heteroatoms. The molecule has 0 saturated heterocycles. The first kappa shape index (κ1) is 17.5. The van der Waals surface area contributed by atoms with Crippen molar-refractivity contribution >= 4 is 23.3 Å². The van der Waals surface area contributed by atoms with E-state index in [2.05, 4.69) is 44.7 Å². The molecule has 1 aliphatic heterocycles. The van der Waals surface area contributed by atoms with Crippen LogP contribution < -0.4 is 10.2 Å². The Balaban J connectivity index is 1.38. The number of rotatable bonds is 4. The number of halogens is 1. The molecule has 1 aliphatic rings. The van der Waals surface area contributed by atoms with Gasteiger partial charge in [-0.2, -0.15) is 0 Å². The van der Waals surface area contributed by atoms with Gasteiger partial charge >= 0.3 is 0 Å². The highest BCUT2D eigenvalue weighted by Crippen LogP contribution is 2.22. The summed E-state index contributed by atoms with van der Waals surface area (Å²) in [5, 5.41) is 11.9. The SMILES string of the molecule is O=C(NCc1ccc(Cl)cc1)c1ccc(N2CCc3ccccc3C2)nn1. The molecule has 0 saturated carbocycles. The van der Waals surface area contributed by atoms with Crippen LogP contribution in [-0.4, -0.2) is 22.6 Å². The number of nitrogens with one attached hydrogen (secondary N) is 1. The number of carbonyl (C=O) groups is 1. The lowest BCUT2D eigenvalue weighted by molar-refractivity contribution is 0.0945. The van der Waals surface area contributed by atoms with Crippen molar-refractivity contribution in [1.82, 2.24) is 15.5 Å². The minimum Gasteiger partial charge on any atom is -0.350 e. The molecule has 5 nitrogen and oxygen atoms in total. The first-order valence-corrected chi connectivity index (χ1v) is 9.25. The van der Waals surface area contributed by atoms with Crippen molar-refractivity contribution < 1.29 is 4.79 Å². The second kappa shape index (κ2) is 7.76. The van der Waals surface area contributed by atoms with Gasteiger partial charge in [-0.25, -0.2) is 0 Å². The van der Waals surface area contributed by atoms with Crippen LogP contribution in [0, 0.1) is 0 Å². The van der Waals surface area contributed by atoms with Crippen LogP contribution in [0.2, 0.25) is 5.02 Å². The van der Waals surface area contributed by atoms with Crippen LogP contribution in [-0.2, 0) is 19.5 Å². The maximum Gasteiger partial charge on any atom is 0.272 e. The lowest BCUT2D eigenvalue weighted by Crippen LogP contribution is -2.31. The van der Waals surface area contributed by atoms with Crippen LogP contribution >= 0.6 is 11.6 Å². The summed E-state index contributed by atoms with van der Waals surface area (Å²) in [6.45, 7) is 2.13. The zero-order valence-electron chi connectivity index (χ0n) is 14.7. The second-order valence-corrected chi connectivity index (χ2v) is 6.96. The number of nitrogens with zero attached hydrogens (tertiary/aromatic N) is 3. The average Bonchev–Trinajstić information content (AvgIpc) is 2.73. The molecule has 1 N–H and O–H groups in total. The fourth-order valence-electron chi connectivity index (χ4n) is 3.18. The first-order valence-electron chi connectivity index (χ1n) is 8.87. The number of carbonyl (C=O) groups excluding carboxylic acids is 1. The number of anilines is 1. The number of hydrogen-bond acceptors (Lipinski definition) is 4. The minimum absolute atomic E-state index is 0.243. The third kappa shape index (κ3) is 4.09. The third-order valence-corrected chi connectivity index (χ3v) is 4.96. The van der Waals surface area contributed by atoms with E-state index < -0.39 is 0 Å². The van der Waals surface area contributed by atoms with E-state index in [0.29, 0.717) is 17.3 Å². The quantitative estimate of drug-likeness (QED) is 0.753. The van der Waals surface area contributed by atoms with Crippen LogP contribution in [0.3, 0.4) is 0 Å². The van der Waals surface area contributed by atoms with Gasteiger partial charge in [-0.15, -0.1) is 10.2 Å². The van der Waals surface area contributed by atoms with Gasteiger partial charge in [-0.3, -0.25) is 4.79 Å². The van der Waals surface area contributed by atoms with Crippen molar-refractivity contribution in [3.05, 3.63) is 88.1 Å². The maximum atomic E-state index is 12.3. The van der Waals surface area contributed by atoms with Crippen LogP contribution in [0.5, 0.6) is 0 Å². The van der Waals surface area contributed by atoms with Crippen LogP contribution in [0.1, 0.15) is 27.2 Å². The maximum absolute atomic E-state index is 12.3. The topological polar surface area (TPSA) is 58.1 Å². The Morgan fingerprint density at radius 2 is 1.78 bits per heavy atom. The van der Waals surface area contributed by atoms with Crippen molar-refractivity contribution in [2.75, 3.05) is 11.4 Å². The van der Waals surface area contributed by atoms with Gasteiger partial charge in [-0.1, -0.05) is 48.0 Å². The number of benzene rings is 2. The van der Waals surface area contributed by atoms with Crippen molar-refractivity contribution in [1.29, 1.82) is 0 Å². The van der Waals surface area contributed by atoms with Crippen molar-refractivity contribution in [3.63, 3.8) is 0 Å². The lowest BCUT2D eigenvalue weighted by Gasteiger charge is -2.29. The molecule has 0 fully saturated rings. The lowest BCUT2D eigenvalue weighted by atomic mass is 10.00. The van der Waals surface area contributed by atoms with Crippen molar-refractivity contribution in [2.24, 2.45) is 0 Å². The fraction of sp³-hybridized carbons (Fsp3) is 0.190. The van der Waals surface area contributed by atoms with Gasteiger partial charge in [0.1, 0.15) is 0 Å². The molecule has 0 unspecified atom stereocenters. The van der Waals surface area contributed by atoms with Crippen LogP contribution in [0.15, 0.2) is 60.7 Å². The highest BCUT2D eigenvalue weighted by Gasteiger charge is 2.18. The van der Waals surface area contributed by atoms with E-state index in [0.717, 1.165) is 30.9 Å². The third-order valence-electron chi connectivity index (χ3n) is 4.70. The molecule has 2 heterocycles. The van der Waals surface area contributed by atoms with Gasteiger partial charge in [0.25, 0.3) is 5.91 Å². The standard InChI is InChI=1S/C21H19ClN4O/c22-18-7-5-15(6-8-18)13-23-21(27)19-9-10-20(25-24-19)26-12-11-16-3-1-2-4-17(16)14-26/h1-10H,11-14H2,(H,23,27). The van der Waals surface area contributed by atoms with E-state index in [1.54, 1.807) is 18.2 Å². The summed E-state index contributed by atoms with van der Waals surface area (Å²) in [4.78, 5) is 14.5. The van der Waals surface area contributed by atoms with Gasteiger partial charge in [0.15, 0.2) is 11.5 Å². The summed E-state index contributed by atoms with van der Waals surface area (Å²) >= 11 is 5.87. The van der Waals surface area contributed by atoms with Gasteiger partial charge in [0, 0.05) is 24.7 Å². The Morgan fingerprint density at radius 3 is 2.52 bits per heavy atom. The normalized spacial score (nSPS) is 13.1. The molecule has 0 aliphatic carbocycles. The number of aromatic nitrogens is 2. The molecular weight excluding hydrogens is 360 g/mol. The Labute approximate surface area is 163 Å². The van der Waals surface area contributed by atoms with Crippen molar-refractivity contribution in [3.8, 4) is 0 Å². The van der Waals surface area contributed by atoms with Gasteiger partial charge in [0.05, 0.1) is 0 Å².